The molecule has 4 atom stereocenters. The van der Waals surface area contributed by atoms with E-state index in [4.69, 9.17) is 4.74 Å². The van der Waals surface area contributed by atoms with Crippen LogP contribution in [-0.2, 0) is 0 Å². The first-order valence-corrected chi connectivity index (χ1v) is 10.8. The number of hydrogen-bond acceptors (Lipinski definition) is 1. The van der Waals surface area contributed by atoms with Crippen molar-refractivity contribution in [1.29, 1.82) is 0 Å². The summed E-state index contributed by atoms with van der Waals surface area (Å²) in [5.74, 6) is 2.38. The van der Waals surface area contributed by atoms with Crippen LogP contribution < -0.4 is 4.74 Å². The zero-order valence-corrected chi connectivity index (χ0v) is 17.3. The summed E-state index contributed by atoms with van der Waals surface area (Å²) in [6, 6.07) is 9.93. The van der Waals surface area contributed by atoms with Gasteiger partial charge in [-0.2, -0.15) is 0 Å². The lowest BCUT2D eigenvalue weighted by Crippen LogP contribution is -2.30. The van der Waals surface area contributed by atoms with Crippen molar-refractivity contribution in [3.63, 3.8) is 0 Å². The number of benzene rings is 2. The number of methoxy groups -OCH3 is 1. The van der Waals surface area contributed by atoms with Crippen LogP contribution in [0.15, 0.2) is 48.6 Å². The average molecular weight is 397 g/mol. The molecule has 4 rings (SSSR count). The van der Waals surface area contributed by atoms with Crippen molar-refractivity contribution in [3.8, 4) is 16.9 Å². The van der Waals surface area contributed by atoms with Gasteiger partial charge in [0, 0.05) is 11.6 Å². The largest absolute Gasteiger partial charge is 0.497 e. The zero-order chi connectivity index (χ0) is 20.4. The second-order valence-electron chi connectivity index (χ2n) is 8.71. The molecular weight excluding hydrogens is 366 g/mol. The normalized spacial score (nSPS) is 27.0. The number of hydrogen-bond donors (Lipinski definition) is 0. The minimum absolute atomic E-state index is 0.205. The Morgan fingerprint density at radius 3 is 2.41 bits per heavy atom. The van der Waals surface area contributed by atoms with E-state index in [1.807, 2.05) is 12.1 Å². The van der Waals surface area contributed by atoms with E-state index in [-0.39, 0.29) is 11.7 Å². The maximum atomic E-state index is 15.0. The van der Waals surface area contributed by atoms with Gasteiger partial charge in [-0.25, -0.2) is 8.78 Å². The van der Waals surface area contributed by atoms with Gasteiger partial charge >= 0.3 is 0 Å². The van der Waals surface area contributed by atoms with Crippen molar-refractivity contribution in [3.05, 3.63) is 65.7 Å². The second-order valence-corrected chi connectivity index (χ2v) is 8.71. The van der Waals surface area contributed by atoms with Crippen LogP contribution in [0.3, 0.4) is 0 Å². The molecule has 4 unspecified atom stereocenters. The minimum atomic E-state index is -0.394. The summed E-state index contributed by atoms with van der Waals surface area (Å²) >= 11 is 0. The van der Waals surface area contributed by atoms with Crippen LogP contribution in [0.1, 0.15) is 56.9 Å². The Bertz CT molecular complexity index is 888. The molecule has 2 aliphatic carbocycles. The lowest BCUT2D eigenvalue weighted by atomic mass is 9.64. The van der Waals surface area contributed by atoms with Crippen molar-refractivity contribution in [2.24, 2.45) is 17.8 Å². The van der Waals surface area contributed by atoms with Crippen LogP contribution in [0.25, 0.3) is 11.1 Å². The van der Waals surface area contributed by atoms with E-state index in [1.54, 1.807) is 12.1 Å². The number of halogens is 2. The highest BCUT2D eigenvalue weighted by molar-refractivity contribution is 5.65. The molecule has 0 radical (unpaired) electrons. The van der Waals surface area contributed by atoms with Crippen molar-refractivity contribution in [2.75, 3.05) is 7.11 Å². The molecule has 1 nitrogen and oxygen atoms in total. The molecule has 0 aliphatic heterocycles. The lowest BCUT2D eigenvalue weighted by Gasteiger charge is -2.42. The molecule has 154 valence electrons. The van der Waals surface area contributed by atoms with Gasteiger partial charge in [-0.1, -0.05) is 24.3 Å². The van der Waals surface area contributed by atoms with Crippen molar-refractivity contribution < 1.29 is 13.5 Å². The standard InChI is InChI=1S/C26H30F2O/c1-3-4-17-5-6-19-14-20(8-7-18(19)13-17)23-11-9-21(15-25(23)27)24-12-10-22(29-2)16-26(24)28/h3-4,9-12,15-20H,5-8,13-14H2,1-2H3/b4-3+. The predicted molar refractivity (Wildman–Crippen MR) is 114 cm³/mol. The van der Waals surface area contributed by atoms with E-state index >= 15 is 4.39 Å². The summed E-state index contributed by atoms with van der Waals surface area (Å²) in [5, 5.41) is 0. The Balaban J connectivity index is 1.49. The zero-order valence-electron chi connectivity index (χ0n) is 17.3. The van der Waals surface area contributed by atoms with Gasteiger partial charge in [0.25, 0.3) is 0 Å². The monoisotopic (exact) mass is 396 g/mol. The quantitative estimate of drug-likeness (QED) is 0.486. The van der Waals surface area contributed by atoms with Crippen LogP contribution in [0.5, 0.6) is 5.75 Å². The van der Waals surface area contributed by atoms with E-state index < -0.39 is 5.82 Å². The molecule has 0 aromatic heterocycles. The van der Waals surface area contributed by atoms with Crippen LogP contribution in [0.4, 0.5) is 8.78 Å². The molecule has 0 saturated heterocycles. The van der Waals surface area contributed by atoms with Gasteiger partial charge in [-0.15, -0.1) is 0 Å². The fraction of sp³-hybridized carbons (Fsp3) is 0.462. The van der Waals surface area contributed by atoms with Gasteiger partial charge in [0.2, 0.25) is 0 Å². The Morgan fingerprint density at radius 1 is 0.897 bits per heavy atom. The smallest absolute Gasteiger partial charge is 0.134 e. The van der Waals surface area contributed by atoms with Crippen molar-refractivity contribution in [1.82, 2.24) is 0 Å². The van der Waals surface area contributed by atoms with E-state index in [0.29, 0.717) is 22.8 Å². The first-order chi connectivity index (χ1) is 14.1. The van der Waals surface area contributed by atoms with E-state index in [2.05, 4.69) is 19.1 Å². The predicted octanol–water partition coefficient (Wildman–Crippen LogP) is 7.52. The van der Waals surface area contributed by atoms with Gasteiger partial charge in [-0.05, 0) is 98.4 Å². The van der Waals surface area contributed by atoms with Crippen LogP contribution in [-0.4, -0.2) is 7.11 Å². The fourth-order valence-electron chi connectivity index (χ4n) is 5.54. The topological polar surface area (TPSA) is 9.23 Å². The van der Waals surface area contributed by atoms with Gasteiger partial charge in [0.15, 0.2) is 0 Å². The summed E-state index contributed by atoms with van der Waals surface area (Å²) in [7, 11) is 1.50. The lowest BCUT2D eigenvalue weighted by molar-refractivity contribution is 0.132. The number of fused-ring (bicyclic) bond motifs is 1. The number of allylic oxidation sites excluding steroid dienone is 2. The second kappa shape index (κ2) is 8.69. The first-order valence-electron chi connectivity index (χ1n) is 10.8. The van der Waals surface area contributed by atoms with Crippen molar-refractivity contribution in [2.45, 2.75) is 51.4 Å². The molecule has 0 heterocycles. The number of ether oxygens (including phenoxy) is 1. The first kappa shape index (κ1) is 20.1. The molecule has 0 N–H and O–H groups in total. The van der Waals surface area contributed by atoms with Crippen LogP contribution >= 0.6 is 0 Å². The molecule has 0 spiro atoms. The average Bonchev–Trinajstić information content (AvgIpc) is 2.73. The molecule has 3 heteroatoms. The third-order valence-corrected chi connectivity index (χ3v) is 7.05. The highest BCUT2D eigenvalue weighted by Gasteiger charge is 2.36. The van der Waals surface area contributed by atoms with Crippen LogP contribution in [0.2, 0.25) is 0 Å². The van der Waals surface area contributed by atoms with E-state index in [9.17, 15) is 4.39 Å². The van der Waals surface area contributed by atoms with E-state index in [1.165, 1.54) is 44.9 Å². The Kier molecular flexibility index (Phi) is 6.03. The molecule has 0 amide bonds. The molecule has 2 saturated carbocycles. The molecule has 2 aliphatic rings. The molecule has 2 aromatic rings. The third kappa shape index (κ3) is 4.24. The van der Waals surface area contributed by atoms with E-state index in [0.717, 1.165) is 30.2 Å². The Hall–Kier alpha value is -2.16. The molecule has 29 heavy (non-hydrogen) atoms. The van der Waals surface area contributed by atoms with Gasteiger partial charge in [-0.3, -0.25) is 0 Å². The molecule has 2 fully saturated rings. The van der Waals surface area contributed by atoms with Gasteiger partial charge < -0.3 is 4.74 Å². The van der Waals surface area contributed by atoms with Crippen LogP contribution in [0, 0.1) is 29.4 Å². The molecular formula is C26H30F2O. The SMILES string of the molecule is C/C=C/C1CCC2CC(c3ccc(-c4ccc(OC)cc4F)cc3F)CCC2C1. The molecule has 2 aromatic carbocycles. The summed E-state index contributed by atoms with van der Waals surface area (Å²) < 4.78 is 34.5. The summed E-state index contributed by atoms with van der Waals surface area (Å²) in [5.41, 5.74) is 1.78. The maximum Gasteiger partial charge on any atom is 0.134 e. The highest BCUT2D eigenvalue weighted by Crippen LogP contribution is 2.48. The molecule has 0 bridgehead atoms. The number of rotatable bonds is 4. The van der Waals surface area contributed by atoms with Crippen molar-refractivity contribution >= 4 is 0 Å². The summed E-state index contributed by atoms with van der Waals surface area (Å²) in [6.45, 7) is 2.10. The minimum Gasteiger partial charge on any atom is -0.497 e. The fourth-order valence-corrected chi connectivity index (χ4v) is 5.54. The maximum absolute atomic E-state index is 15.0. The summed E-state index contributed by atoms with van der Waals surface area (Å²) in [6.07, 6.45) is 11.7. The van der Waals surface area contributed by atoms with Gasteiger partial charge in [0.05, 0.1) is 7.11 Å². The third-order valence-electron chi connectivity index (χ3n) is 7.05. The highest BCUT2D eigenvalue weighted by atomic mass is 19.1. The Labute approximate surface area is 172 Å². The van der Waals surface area contributed by atoms with Gasteiger partial charge in [0.1, 0.15) is 17.4 Å². The Morgan fingerprint density at radius 2 is 1.69 bits per heavy atom. The summed E-state index contributed by atoms with van der Waals surface area (Å²) in [4.78, 5) is 0.